The van der Waals surface area contributed by atoms with Crippen LogP contribution in [-0.4, -0.2) is 67.7 Å². The Morgan fingerprint density at radius 2 is 1.72 bits per heavy atom. The van der Waals surface area contributed by atoms with Gasteiger partial charge in [0, 0.05) is 58.4 Å². The predicted octanol–water partition coefficient (Wildman–Crippen LogP) is 2.85. The molecule has 2 fully saturated rings. The number of ether oxygens (including phenoxy) is 1. The molecule has 2 saturated heterocycles. The van der Waals surface area contributed by atoms with Gasteiger partial charge < -0.3 is 15.4 Å². The highest BCUT2D eigenvalue weighted by Gasteiger charge is 2.29. The van der Waals surface area contributed by atoms with Gasteiger partial charge in [-0.3, -0.25) is 14.8 Å². The molecular formula is C26H37N5O. The van der Waals surface area contributed by atoms with E-state index in [4.69, 9.17) is 4.74 Å². The van der Waals surface area contributed by atoms with Gasteiger partial charge in [-0.2, -0.15) is 0 Å². The lowest BCUT2D eigenvalue weighted by atomic mass is 10.1. The van der Waals surface area contributed by atoms with Gasteiger partial charge >= 0.3 is 0 Å². The molecule has 2 atom stereocenters. The minimum atomic E-state index is 0.406. The molecular weight excluding hydrogens is 398 g/mol. The number of likely N-dealkylation sites (tertiary alicyclic amines) is 1. The van der Waals surface area contributed by atoms with E-state index in [1.165, 1.54) is 16.7 Å². The number of hydrogen-bond acceptors (Lipinski definition) is 4. The standard InChI is InChI=1S/C26H37N5O/c1-21-16-25(20-31(21)18-22-8-4-3-5-9-22)29-26(27-2)28-17-23-10-6-7-11-24(23)19-30-12-14-32-15-13-30/h3-11,21,25H,12-20H2,1-2H3,(H2,27,28,29). The summed E-state index contributed by atoms with van der Waals surface area (Å²) in [4.78, 5) is 9.52. The second kappa shape index (κ2) is 11.5. The monoisotopic (exact) mass is 435 g/mol. The fourth-order valence-electron chi connectivity index (χ4n) is 4.69. The van der Waals surface area contributed by atoms with Crippen LogP contribution in [0.1, 0.15) is 30.0 Å². The second-order valence-corrected chi connectivity index (χ2v) is 8.92. The molecule has 2 heterocycles. The van der Waals surface area contributed by atoms with Crippen LogP contribution < -0.4 is 10.6 Å². The Bertz CT molecular complexity index is 866. The van der Waals surface area contributed by atoms with Crippen molar-refractivity contribution in [3.63, 3.8) is 0 Å². The number of hydrogen-bond donors (Lipinski definition) is 2. The molecule has 0 spiro atoms. The third-order valence-electron chi connectivity index (χ3n) is 6.56. The van der Waals surface area contributed by atoms with Gasteiger partial charge in [-0.05, 0) is 30.0 Å². The number of nitrogens with one attached hydrogen (secondary N) is 2. The lowest BCUT2D eigenvalue weighted by molar-refractivity contribution is 0.0341. The quantitative estimate of drug-likeness (QED) is 0.517. The largest absolute Gasteiger partial charge is 0.379 e. The molecule has 172 valence electrons. The van der Waals surface area contributed by atoms with E-state index in [9.17, 15) is 0 Å². The van der Waals surface area contributed by atoms with Crippen LogP contribution in [0.2, 0.25) is 0 Å². The summed E-state index contributed by atoms with van der Waals surface area (Å²) in [5.41, 5.74) is 4.08. The van der Waals surface area contributed by atoms with Gasteiger partial charge in [-0.1, -0.05) is 54.6 Å². The van der Waals surface area contributed by atoms with E-state index in [-0.39, 0.29) is 0 Å². The average molecular weight is 436 g/mol. The third-order valence-corrected chi connectivity index (χ3v) is 6.56. The minimum Gasteiger partial charge on any atom is -0.379 e. The van der Waals surface area contributed by atoms with Crippen molar-refractivity contribution in [2.45, 2.75) is 45.1 Å². The molecule has 0 saturated carbocycles. The molecule has 0 aliphatic carbocycles. The first-order valence-electron chi connectivity index (χ1n) is 11.8. The van der Waals surface area contributed by atoms with Crippen molar-refractivity contribution in [3.8, 4) is 0 Å². The molecule has 0 amide bonds. The summed E-state index contributed by atoms with van der Waals surface area (Å²) in [5, 5.41) is 7.20. The van der Waals surface area contributed by atoms with Gasteiger partial charge in [0.25, 0.3) is 0 Å². The molecule has 0 bridgehead atoms. The number of nitrogens with zero attached hydrogens (tertiary/aromatic N) is 3. The number of rotatable bonds is 7. The van der Waals surface area contributed by atoms with E-state index in [0.29, 0.717) is 12.1 Å². The number of aliphatic imine (C=N–C) groups is 1. The maximum Gasteiger partial charge on any atom is 0.191 e. The summed E-state index contributed by atoms with van der Waals surface area (Å²) in [6, 6.07) is 20.4. The van der Waals surface area contributed by atoms with Crippen molar-refractivity contribution in [1.29, 1.82) is 0 Å². The summed E-state index contributed by atoms with van der Waals surface area (Å²) >= 11 is 0. The lowest BCUT2D eigenvalue weighted by Crippen LogP contribution is -2.44. The molecule has 2 aromatic rings. The first kappa shape index (κ1) is 22.8. The minimum absolute atomic E-state index is 0.406. The second-order valence-electron chi connectivity index (χ2n) is 8.92. The van der Waals surface area contributed by atoms with Crippen molar-refractivity contribution in [2.75, 3.05) is 39.9 Å². The van der Waals surface area contributed by atoms with E-state index < -0.39 is 0 Å². The van der Waals surface area contributed by atoms with Crippen LogP contribution in [-0.2, 0) is 24.4 Å². The summed E-state index contributed by atoms with van der Waals surface area (Å²) in [7, 11) is 1.86. The van der Waals surface area contributed by atoms with Crippen molar-refractivity contribution < 1.29 is 4.74 Å². The zero-order valence-corrected chi connectivity index (χ0v) is 19.5. The maximum atomic E-state index is 5.49. The molecule has 2 aliphatic heterocycles. The van der Waals surface area contributed by atoms with Crippen molar-refractivity contribution in [3.05, 3.63) is 71.3 Å². The molecule has 2 aromatic carbocycles. The van der Waals surface area contributed by atoms with E-state index in [0.717, 1.165) is 64.9 Å². The van der Waals surface area contributed by atoms with Crippen LogP contribution in [0.4, 0.5) is 0 Å². The Hall–Kier alpha value is -2.41. The van der Waals surface area contributed by atoms with E-state index >= 15 is 0 Å². The number of guanidine groups is 1. The molecule has 2 N–H and O–H groups in total. The average Bonchev–Trinajstić information content (AvgIpc) is 3.17. The molecule has 6 heteroatoms. The number of benzene rings is 2. The van der Waals surface area contributed by atoms with Crippen LogP contribution in [0, 0.1) is 0 Å². The summed E-state index contributed by atoms with van der Waals surface area (Å²) in [6.07, 6.45) is 1.13. The Labute approximate surface area is 192 Å². The Balaban J connectivity index is 1.29. The van der Waals surface area contributed by atoms with Gasteiger partial charge in [0.15, 0.2) is 5.96 Å². The third kappa shape index (κ3) is 6.31. The van der Waals surface area contributed by atoms with Crippen LogP contribution in [0.25, 0.3) is 0 Å². The van der Waals surface area contributed by atoms with Crippen LogP contribution >= 0.6 is 0 Å². The van der Waals surface area contributed by atoms with Crippen LogP contribution in [0.5, 0.6) is 0 Å². The molecule has 2 unspecified atom stereocenters. The van der Waals surface area contributed by atoms with E-state index in [1.807, 2.05) is 7.05 Å². The molecule has 0 radical (unpaired) electrons. The van der Waals surface area contributed by atoms with Gasteiger partial charge in [0.05, 0.1) is 13.2 Å². The van der Waals surface area contributed by atoms with Crippen molar-refractivity contribution >= 4 is 5.96 Å². The lowest BCUT2D eigenvalue weighted by Gasteiger charge is -2.27. The molecule has 32 heavy (non-hydrogen) atoms. The van der Waals surface area contributed by atoms with Gasteiger partial charge in [0.1, 0.15) is 0 Å². The Morgan fingerprint density at radius 3 is 2.47 bits per heavy atom. The summed E-state index contributed by atoms with van der Waals surface area (Å²) in [5.74, 6) is 0.880. The zero-order valence-electron chi connectivity index (χ0n) is 19.5. The smallest absolute Gasteiger partial charge is 0.191 e. The Kier molecular flexibility index (Phi) is 8.15. The highest BCUT2D eigenvalue weighted by atomic mass is 16.5. The molecule has 2 aliphatic rings. The molecule has 6 nitrogen and oxygen atoms in total. The van der Waals surface area contributed by atoms with Gasteiger partial charge in [-0.25, -0.2) is 0 Å². The highest BCUT2D eigenvalue weighted by molar-refractivity contribution is 5.80. The number of morpholine rings is 1. The normalized spacial score (nSPS) is 22.8. The van der Waals surface area contributed by atoms with Crippen LogP contribution in [0.15, 0.2) is 59.6 Å². The first-order chi connectivity index (χ1) is 15.7. The van der Waals surface area contributed by atoms with Crippen molar-refractivity contribution in [2.24, 2.45) is 4.99 Å². The summed E-state index contributed by atoms with van der Waals surface area (Å²) < 4.78 is 5.49. The molecule has 4 rings (SSSR count). The topological polar surface area (TPSA) is 52.1 Å². The molecule has 0 aromatic heterocycles. The van der Waals surface area contributed by atoms with E-state index in [2.05, 4.69) is 86.9 Å². The maximum absolute atomic E-state index is 5.49. The fraction of sp³-hybridized carbons (Fsp3) is 0.500. The summed E-state index contributed by atoms with van der Waals surface area (Å²) in [6.45, 7) is 9.77. The zero-order chi connectivity index (χ0) is 22.2. The predicted molar refractivity (Wildman–Crippen MR) is 131 cm³/mol. The Morgan fingerprint density at radius 1 is 1.00 bits per heavy atom. The highest BCUT2D eigenvalue weighted by Crippen LogP contribution is 2.20. The van der Waals surface area contributed by atoms with Gasteiger partial charge in [-0.15, -0.1) is 0 Å². The first-order valence-corrected chi connectivity index (χ1v) is 11.8. The fourth-order valence-corrected chi connectivity index (χ4v) is 4.69. The van der Waals surface area contributed by atoms with Crippen molar-refractivity contribution in [1.82, 2.24) is 20.4 Å². The van der Waals surface area contributed by atoms with E-state index in [1.54, 1.807) is 0 Å². The van der Waals surface area contributed by atoms with Gasteiger partial charge in [0.2, 0.25) is 0 Å². The van der Waals surface area contributed by atoms with Crippen LogP contribution in [0.3, 0.4) is 0 Å². The SMILES string of the molecule is CN=C(NCc1ccccc1CN1CCOCC1)NC1CC(C)N(Cc2ccccc2)C1.